The van der Waals surface area contributed by atoms with Crippen LogP contribution in [0.3, 0.4) is 0 Å². The van der Waals surface area contributed by atoms with Crippen molar-refractivity contribution in [3.8, 4) is 0 Å². The second-order valence-electron chi connectivity index (χ2n) is 4.63. The monoisotopic (exact) mass is 441 g/mol. The van der Waals surface area contributed by atoms with E-state index < -0.39 is 9.96 Å². The van der Waals surface area contributed by atoms with Crippen LogP contribution < -0.4 is 16.0 Å². The van der Waals surface area contributed by atoms with E-state index in [1.54, 1.807) is 6.08 Å². The number of hydrogen-bond donors (Lipinski definition) is 3. The SMILES string of the molecule is CCCNC(=[Se])NC(NC(=O)/C=C/c1ccccc1)C(Cl)(Cl)Cl. The van der Waals surface area contributed by atoms with E-state index in [0.29, 0.717) is 4.67 Å². The van der Waals surface area contributed by atoms with E-state index in [1.807, 2.05) is 37.3 Å². The van der Waals surface area contributed by atoms with Crippen LogP contribution in [0.2, 0.25) is 0 Å². The Hall–Kier alpha value is -0.711. The molecule has 0 aliphatic heterocycles. The van der Waals surface area contributed by atoms with Crippen LogP contribution in [0.5, 0.6) is 0 Å². The maximum absolute atomic E-state index is 12.0. The molecule has 3 N–H and O–H groups in total. The minimum absolute atomic E-state index is 0.374. The summed E-state index contributed by atoms with van der Waals surface area (Å²) >= 11 is 20.5. The molecular weight excluding hydrogens is 424 g/mol. The molecule has 4 nitrogen and oxygen atoms in total. The van der Waals surface area contributed by atoms with Crippen molar-refractivity contribution >= 4 is 67.0 Å². The van der Waals surface area contributed by atoms with E-state index in [2.05, 4.69) is 31.5 Å². The summed E-state index contributed by atoms with van der Waals surface area (Å²) in [5, 5.41) is 8.60. The molecule has 0 spiro atoms. The molecule has 1 rings (SSSR count). The zero-order valence-electron chi connectivity index (χ0n) is 12.5. The molecule has 0 bridgehead atoms. The second-order valence-corrected chi connectivity index (χ2v) is 7.85. The third-order valence-electron chi connectivity index (χ3n) is 2.65. The van der Waals surface area contributed by atoms with Crippen molar-refractivity contribution in [2.24, 2.45) is 0 Å². The topological polar surface area (TPSA) is 53.2 Å². The van der Waals surface area contributed by atoms with Crippen LogP contribution in [0.25, 0.3) is 6.08 Å². The van der Waals surface area contributed by atoms with Crippen molar-refractivity contribution < 1.29 is 4.79 Å². The van der Waals surface area contributed by atoms with Crippen molar-refractivity contribution in [2.45, 2.75) is 23.3 Å². The summed E-state index contributed by atoms with van der Waals surface area (Å²) < 4.78 is -1.12. The Kier molecular flexibility index (Phi) is 9.03. The van der Waals surface area contributed by atoms with Gasteiger partial charge in [0.1, 0.15) is 0 Å². The number of halogens is 3. The first-order chi connectivity index (χ1) is 10.8. The van der Waals surface area contributed by atoms with Crippen LogP contribution in [-0.2, 0) is 4.79 Å². The molecule has 1 aromatic carbocycles. The quantitative estimate of drug-likeness (QED) is 0.251. The fourth-order valence-corrected chi connectivity index (χ4v) is 2.34. The van der Waals surface area contributed by atoms with E-state index in [1.165, 1.54) is 6.08 Å². The Bertz CT molecular complexity index is 547. The Labute approximate surface area is 159 Å². The molecule has 1 atom stereocenters. The molecule has 0 saturated heterocycles. The normalized spacial score (nSPS) is 12.7. The molecule has 0 radical (unpaired) electrons. The minimum atomic E-state index is -1.71. The van der Waals surface area contributed by atoms with Crippen LogP contribution in [0.1, 0.15) is 18.9 Å². The number of alkyl halides is 3. The molecule has 0 aliphatic rings. The zero-order valence-corrected chi connectivity index (χ0v) is 16.5. The molecular formula is C15H18Cl3N3OSe. The molecule has 1 aromatic rings. The molecule has 0 fully saturated rings. The molecule has 0 heterocycles. The van der Waals surface area contributed by atoms with Gasteiger partial charge >= 0.3 is 160 Å². The van der Waals surface area contributed by atoms with Crippen LogP contribution in [0, 0.1) is 0 Å². The van der Waals surface area contributed by atoms with Gasteiger partial charge in [0.15, 0.2) is 0 Å². The summed E-state index contributed by atoms with van der Waals surface area (Å²) in [4.78, 5) is 12.0. The van der Waals surface area contributed by atoms with Gasteiger partial charge in [-0.25, -0.2) is 0 Å². The van der Waals surface area contributed by atoms with Crippen LogP contribution in [0.4, 0.5) is 0 Å². The number of carbonyl (C=O) groups excluding carboxylic acids is 1. The van der Waals surface area contributed by atoms with Gasteiger partial charge < -0.3 is 0 Å². The standard InChI is InChI=1S/C15H18Cl3N3OSe/c1-2-10-19-14(23)21-13(15(16,17)18)20-12(22)9-8-11-6-4-3-5-7-11/h3-9,13H,2,10H2,1H3,(H,20,22)(H2,19,21,23)/b9-8+. The van der Waals surface area contributed by atoms with Crippen LogP contribution >= 0.6 is 34.8 Å². The zero-order chi connectivity index (χ0) is 17.3. The Morgan fingerprint density at radius 3 is 2.48 bits per heavy atom. The van der Waals surface area contributed by atoms with E-state index >= 15 is 0 Å². The molecule has 0 aromatic heterocycles. The van der Waals surface area contributed by atoms with Gasteiger partial charge in [-0.1, -0.05) is 0 Å². The second kappa shape index (κ2) is 10.2. The first kappa shape index (κ1) is 20.3. The Morgan fingerprint density at radius 2 is 1.91 bits per heavy atom. The molecule has 0 aliphatic carbocycles. The summed E-state index contributed by atoms with van der Waals surface area (Å²) in [5.41, 5.74) is 0.904. The van der Waals surface area contributed by atoms with Gasteiger partial charge in [0.25, 0.3) is 0 Å². The van der Waals surface area contributed by atoms with Crippen molar-refractivity contribution in [2.75, 3.05) is 6.54 Å². The van der Waals surface area contributed by atoms with E-state index in [-0.39, 0.29) is 5.91 Å². The molecule has 8 heteroatoms. The molecule has 1 amide bonds. The average molecular weight is 442 g/mol. The van der Waals surface area contributed by atoms with Gasteiger partial charge in [0, 0.05) is 0 Å². The van der Waals surface area contributed by atoms with Gasteiger partial charge in [0.05, 0.1) is 0 Å². The third kappa shape index (κ3) is 8.63. The first-order valence-corrected chi connectivity index (χ1v) is 8.96. The molecule has 23 heavy (non-hydrogen) atoms. The van der Waals surface area contributed by atoms with E-state index in [4.69, 9.17) is 34.8 Å². The number of hydrogen-bond acceptors (Lipinski definition) is 3. The summed E-state index contributed by atoms with van der Waals surface area (Å²) in [5.74, 6) is -0.374. The molecule has 126 valence electrons. The van der Waals surface area contributed by atoms with Gasteiger partial charge in [-0.2, -0.15) is 0 Å². The van der Waals surface area contributed by atoms with Gasteiger partial charge in [-0.15, -0.1) is 0 Å². The summed E-state index contributed by atoms with van der Waals surface area (Å²) in [6.07, 6.45) is 3.13. The summed E-state index contributed by atoms with van der Waals surface area (Å²) in [6.45, 7) is 2.78. The number of benzene rings is 1. The first-order valence-electron chi connectivity index (χ1n) is 6.97. The average Bonchev–Trinajstić information content (AvgIpc) is 2.50. The predicted octanol–water partition coefficient (Wildman–Crippen LogP) is 2.36. The molecule has 0 saturated carbocycles. The van der Waals surface area contributed by atoms with Crippen molar-refractivity contribution in [1.29, 1.82) is 0 Å². The fraction of sp³-hybridized carbons (Fsp3) is 0.333. The Morgan fingerprint density at radius 1 is 1.26 bits per heavy atom. The van der Waals surface area contributed by atoms with Crippen molar-refractivity contribution in [1.82, 2.24) is 16.0 Å². The van der Waals surface area contributed by atoms with Crippen molar-refractivity contribution in [3.63, 3.8) is 0 Å². The van der Waals surface area contributed by atoms with Gasteiger partial charge in [-0.05, 0) is 0 Å². The molecule has 1 unspecified atom stereocenters. The number of nitrogens with one attached hydrogen (secondary N) is 3. The van der Waals surface area contributed by atoms with Crippen molar-refractivity contribution in [3.05, 3.63) is 42.0 Å². The van der Waals surface area contributed by atoms with E-state index in [9.17, 15) is 4.79 Å². The Balaban J connectivity index is 2.64. The maximum atomic E-state index is 12.0. The summed E-state index contributed by atoms with van der Waals surface area (Å²) in [6, 6.07) is 9.44. The van der Waals surface area contributed by atoms with Crippen LogP contribution in [-0.4, -0.2) is 42.7 Å². The van der Waals surface area contributed by atoms with Gasteiger partial charge in [-0.3, -0.25) is 0 Å². The van der Waals surface area contributed by atoms with E-state index in [0.717, 1.165) is 18.5 Å². The van der Waals surface area contributed by atoms with Gasteiger partial charge in [0.2, 0.25) is 0 Å². The number of rotatable bonds is 8. The third-order valence-corrected chi connectivity index (χ3v) is 3.86. The summed E-state index contributed by atoms with van der Waals surface area (Å²) in [7, 11) is 0. The number of carbonyl (C=O) groups is 1. The number of amides is 1. The predicted molar refractivity (Wildman–Crippen MR) is 99.9 cm³/mol. The van der Waals surface area contributed by atoms with Crippen LogP contribution in [0.15, 0.2) is 36.4 Å². The fourth-order valence-electron chi connectivity index (χ4n) is 1.55.